The highest BCUT2D eigenvalue weighted by atomic mass is 16.5. The first kappa shape index (κ1) is 20.2. The Balaban J connectivity index is 0.000000596. The van der Waals surface area contributed by atoms with Gasteiger partial charge in [-0.1, -0.05) is 30.4 Å². The Bertz CT molecular complexity index is 911. The van der Waals surface area contributed by atoms with E-state index in [1.165, 1.54) is 0 Å². The molecule has 0 bridgehead atoms. The molecule has 0 saturated carbocycles. The van der Waals surface area contributed by atoms with Gasteiger partial charge < -0.3 is 10.1 Å². The molecule has 4 heteroatoms. The topological polar surface area (TPSA) is 51.2 Å². The normalized spacial score (nSPS) is 10.4. The molecule has 2 aromatic carbocycles. The van der Waals surface area contributed by atoms with Gasteiger partial charge in [0.05, 0.1) is 23.4 Å². The van der Waals surface area contributed by atoms with Crippen LogP contribution in [0.5, 0.6) is 5.75 Å². The van der Waals surface area contributed by atoms with Crippen molar-refractivity contribution < 1.29 is 9.53 Å². The summed E-state index contributed by atoms with van der Waals surface area (Å²) in [6, 6.07) is 17.2. The number of nitrogens with zero attached hydrogens (tertiary/aromatic N) is 1. The first-order chi connectivity index (χ1) is 13.1. The summed E-state index contributed by atoms with van der Waals surface area (Å²) in [5, 5.41) is 3.54. The summed E-state index contributed by atoms with van der Waals surface area (Å²) >= 11 is 0. The number of allylic oxidation sites excluding steroid dienone is 2. The molecule has 3 aromatic rings. The third-order valence-electron chi connectivity index (χ3n) is 3.98. The third-order valence-corrected chi connectivity index (χ3v) is 3.98. The maximum atomic E-state index is 12.2. The number of amides is 1. The van der Waals surface area contributed by atoms with E-state index < -0.39 is 0 Å². The summed E-state index contributed by atoms with van der Waals surface area (Å²) in [5.41, 5.74) is 3.15. The van der Waals surface area contributed by atoms with Gasteiger partial charge in [-0.25, -0.2) is 4.98 Å². The molecule has 0 aliphatic carbocycles. The number of hydrogen-bond donors (Lipinski definition) is 1. The molecule has 4 nitrogen and oxygen atoms in total. The number of benzene rings is 2. The minimum Gasteiger partial charge on any atom is -0.494 e. The molecular formula is C23H26N2O2. The molecule has 0 radical (unpaired) electrons. The molecule has 0 atom stereocenters. The Morgan fingerprint density at radius 2 is 1.74 bits per heavy atom. The van der Waals surface area contributed by atoms with E-state index in [9.17, 15) is 4.79 Å². The number of nitrogens with one attached hydrogen (secondary N) is 1. The lowest BCUT2D eigenvalue weighted by atomic mass is 10.0. The highest BCUT2D eigenvalue weighted by molar-refractivity contribution is 6.07. The summed E-state index contributed by atoms with van der Waals surface area (Å²) < 4.78 is 5.46. The number of aromatic nitrogens is 1. The van der Waals surface area contributed by atoms with Gasteiger partial charge >= 0.3 is 0 Å². The average molecular weight is 362 g/mol. The number of carbonyl (C=O) groups excluding carboxylic acids is 1. The standard InChI is InChI=1S/C19H18N2O2.C4H8/c1-3-23-14-10-8-13(9-11-14)18-12-16(19(22)20-2)15-6-4-5-7-17(15)21-18;1-3-4-2/h4-12H,3H2,1-2H3,(H,20,22);3-4H,1-2H3/b;4-3-. The minimum atomic E-state index is -0.115. The van der Waals surface area contributed by atoms with Crippen LogP contribution >= 0.6 is 0 Å². The van der Waals surface area contributed by atoms with E-state index >= 15 is 0 Å². The zero-order valence-corrected chi connectivity index (χ0v) is 16.3. The molecule has 0 spiro atoms. The lowest BCUT2D eigenvalue weighted by Crippen LogP contribution is -2.18. The Hall–Kier alpha value is -3.14. The van der Waals surface area contributed by atoms with E-state index in [-0.39, 0.29) is 5.91 Å². The van der Waals surface area contributed by atoms with Crippen molar-refractivity contribution in [2.24, 2.45) is 0 Å². The number of ether oxygens (including phenoxy) is 1. The monoisotopic (exact) mass is 362 g/mol. The van der Waals surface area contributed by atoms with Crippen molar-refractivity contribution in [2.75, 3.05) is 13.7 Å². The molecule has 27 heavy (non-hydrogen) atoms. The van der Waals surface area contributed by atoms with E-state index in [1.54, 1.807) is 7.05 Å². The van der Waals surface area contributed by atoms with Crippen LogP contribution in [-0.4, -0.2) is 24.5 Å². The summed E-state index contributed by atoms with van der Waals surface area (Å²) in [5.74, 6) is 0.708. The smallest absolute Gasteiger partial charge is 0.251 e. The summed E-state index contributed by atoms with van der Waals surface area (Å²) in [4.78, 5) is 16.9. The third kappa shape index (κ3) is 5.17. The summed E-state index contributed by atoms with van der Waals surface area (Å²) in [7, 11) is 1.63. The molecule has 3 rings (SSSR count). The van der Waals surface area contributed by atoms with Crippen molar-refractivity contribution in [3.8, 4) is 17.0 Å². The Kier molecular flexibility index (Phi) is 7.56. The first-order valence-corrected chi connectivity index (χ1v) is 9.07. The molecule has 1 N–H and O–H groups in total. The van der Waals surface area contributed by atoms with Gasteiger partial charge in [-0.15, -0.1) is 0 Å². The van der Waals surface area contributed by atoms with Gasteiger partial charge in [-0.3, -0.25) is 4.79 Å². The maximum Gasteiger partial charge on any atom is 0.251 e. The van der Waals surface area contributed by atoms with Crippen LogP contribution in [0.1, 0.15) is 31.1 Å². The number of hydrogen-bond acceptors (Lipinski definition) is 3. The molecule has 1 aromatic heterocycles. The molecule has 1 amide bonds. The van der Waals surface area contributed by atoms with E-state index in [2.05, 4.69) is 10.3 Å². The van der Waals surface area contributed by atoms with Crippen LogP contribution in [0.2, 0.25) is 0 Å². The van der Waals surface area contributed by atoms with Crippen molar-refractivity contribution in [1.29, 1.82) is 0 Å². The lowest BCUT2D eigenvalue weighted by Gasteiger charge is -2.09. The van der Waals surface area contributed by atoms with Gasteiger partial charge in [-0.05, 0) is 57.2 Å². The molecule has 0 fully saturated rings. The number of fused-ring (bicyclic) bond motifs is 1. The van der Waals surface area contributed by atoms with Crippen molar-refractivity contribution >= 4 is 16.8 Å². The Labute approximate surface area is 160 Å². The van der Waals surface area contributed by atoms with Crippen LogP contribution in [0.3, 0.4) is 0 Å². The second-order valence-electron chi connectivity index (χ2n) is 5.78. The molecule has 0 aliphatic heterocycles. The highest BCUT2D eigenvalue weighted by Crippen LogP contribution is 2.26. The van der Waals surface area contributed by atoms with Crippen molar-refractivity contribution in [3.63, 3.8) is 0 Å². The van der Waals surface area contributed by atoms with Gasteiger partial charge in [0, 0.05) is 18.0 Å². The largest absolute Gasteiger partial charge is 0.494 e. The number of para-hydroxylation sites is 1. The molecule has 0 saturated heterocycles. The SMILES string of the molecule is C/C=C\C.CCOc1ccc(-c2cc(C(=O)NC)c3ccccc3n2)cc1. The quantitative estimate of drug-likeness (QED) is 0.646. The number of carbonyl (C=O) groups is 1. The van der Waals surface area contributed by atoms with E-state index in [0.29, 0.717) is 12.2 Å². The highest BCUT2D eigenvalue weighted by Gasteiger charge is 2.12. The fourth-order valence-corrected chi connectivity index (χ4v) is 2.53. The number of rotatable bonds is 4. The predicted molar refractivity (Wildman–Crippen MR) is 112 cm³/mol. The van der Waals surface area contributed by atoms with Crippen LogP contribution in [0.25, 0.3) is 22.2 Å². The van der Waals surface area contributed by atoms with Gasteiger partial charge in [0.15, 0.2) is 0 Å². The first-order valence-electron chi connectivity index (χ1n) is 9.07. The van der Waals surface area contributed by atoms with Crippen LogP contribution in [0.4, 0.5) is 0 Å². The van der Waals surface area contributed by atoms with Gasteiger partial charge in [0.25, 0.3) is 5.91 Å². The van der Waals surface area contributed by atoms with E-state index in [0.717, 1.165) is 27.9 Å². The van der Waals surface area contributed by atoms with Gasteiger partial charge in [0.2, 0.25) is 0 Å². The van der Waals surface area contributed by atoms with Gasteiger partial charge in [-0.2, -0.15) is 0 Å². The molecule has 0 aliphatic rings. The van der Waals surface area contributed by atoms with Gasteiger partial charge in [0.1, 0.15) is 5.75 Å². The fraction of sp³-hybridized carbons (Fsp3) is 0.217. The van der Waals surface area contributed by atoms with Crippen LogP contribution in [0.15, 0.2) is 66.7 Å². The van der Waals surface area contributed by atoms with Crippen molar-refractivity contribution in [1.82, 2.24) is 10.3 Å². The maximum absolute atomic E-state index is 12.2. The minimum absolute atomic E-state index is 0.115. The van der Waals surface area contributed by atoms with E-state index in [4.69, 9.17) is 4.74 Å². The average Bonchev–Trinajstić information content (AvgIpc) is 2.73. The molecule has 1 heterocycles. The lowest BCUT2D eigenvalue weighted by molar-refractivity contribution is 0.0964. The zero-order valence-electron chi connectivity index (χ0n) is 16.3. The van der Waals surface area contributed by atoms with E-state index in [1.807, 2.05) is 87.5 Å². The zero-order chi connectivity index (χ0) is 19.6. The predicted octanol–water partition coefficient (Wildman–Crippen LogP) is 5.24. The van der Waals surface area contributed by atoms with Crippen molar-refractivity contribution in [2.45, 2.75) is 20.8 Å². The Morgan fingerprint density at radius 3 is 2.33 bits per heavy atom. The van der Waals surface area contributed by atoms with Crippen LogP contribution < -0.4 is 10.1 Å². The van der Waals surface area contributed by atoms with Crippen LogP contribution in [0, 0.1) is 0 Å². The summed E-state index contributed by atoms with van der Waals surface area (Å²) in [6.07, 6.45) is 4.00. The second-order valence-corrected chi connectivity index (χ2v) is 5.78. The fourth-order valence-electron chi connectivity index (χ4n) is 2.53. The second kappa shape index (κ2) is 10.1. The molecular weight excluding hydrogens is 336 g/mol. The molecule has 0 unspecified atom stereocenters. The summed E-state index contributed by atoms with van der Waals surface area (Å²) in [6.45, 7) is 6.59. The van der Waals surface area contributed by atoms with Crippen molar-refractivity contribution in [3.05, 3.63) is 72.3 Å². The van der Waals surface area contributed by atoms with Crippen LogP contribution in [-0.2, 0) is 0 Å². The Morgan fingerprint density at radius 1 is 1.07 bits per heavy atom. The number of pyridine rings is 1. The molecule has 140 valence electrons.